The second-order valence-corrected chi connectivity index (χ2v) is 7.18. The fourth-order valence-electron chi connectivity index (χ4n) is 1.70. The molecule has 0 aliphatic rings. The molecule has 0 saturated heterocycles. The van der Waals surface area contributed by atoms with Crippen molar-refractivity contribution in [3.63, 3.8) is 0 Å². The Morgan fingerprint density at radius 1 is 1.38 bits per heavy atom. The summed E-state index contributed by atoms with van der Waals surface area (Å²) in [6, 6.07) is 4.56. The van der Waals surface area contributed by atoms with Gasteiger partial charge < -0.3 is 9.26 Å². The average Bonchev–Trinajstić information content (AvgIpc) is 2.88. The van der Waals surface area contributed by atoms with Gasteiger partial charge in [0.2, 0.25) is 11.7 Å². The van der Waals surface area contributed by atoms with Crippen molar-refractivity contribution < 1.29 is 17.7 Å². The van der Waals surface area contributed by atoms with E-state index in [0.29, 0.717) is 23.9 Å². The number of halogens is 1. The van der Waals surface area contributed by atoms with Gasteiger partial charge in [-0.25, -0.2) is 8.42 Å². The van der Waals surface area contributed by atoms with E-state index in [9.17, 15) is 8.42 Å². The SMILES string of the molecule is CCOc1ccc(-c2noc(C(C)C)n2)cc1S(=O)(=O)Cl. The van der Waals surface area contributed by atoms with Gasteiger partial charge >= 0.3 is 0 Å². The predicted octanol–water partition coefficient (Wildman–Crippen LogP) is 3.19. The fraction of sp³-hybridized carbons (Fsp3) is 0.385. The standard InChI is InChI=1S/C13H15ClN2O4S/c1-4-19-10-6-5-9(7-11(10)21(14,17)18)12-15-13(8(2)3)20-16-12/h5-8H,4H2,1-3H3. The summed E-state index contributed by atoms with van der Waals surface area (Å²) < 4.78 is 33.7. The Labute approximate surface area is 127 Å². The molecule has 2 aromatic rings. The lowest BCUT2D eigenvalue weighted by molar-refractivity contribution is 0.331. The molecule has 0 amide bonds. The van der Waals surface area contributed by atoms with E-state index < -0.39 is 9.05 Å². The average molecular weight is 331 g/mol. The largest absolute Gasteiger partial charge is 0.492 e. The Bertz CT molecular complexity index is 740. The molecule has 1 aromatic heterocycles. The third-order valence-corrected chi connectivity index (χ3v) is 4.04. The molecule has 0 aliphatic heterocycles. The summed E-state index contributed by atoms with van der Waals surface area (Å²) in [7, 11) is 1.51. The van der Waals surface area contributed by atoms with Crippen molar-refractivity contribution >= 4 is 19.7 Å². The van der Waals surface area contributed by atoms with E-state index in [4.69, 9.17) is 19.9 Å². The second-order valence-electron chi connectivity index (χ2n) is 4.64. The van der Waals surface area contributed by atoms with Crippen molar-refractivity contribution in [1.82, 2.24) is 10.1 Å². The van der Waals surface area contributed by atoms with E-state index in [1.54, 1.807) is 13.0 Å². The number of benzene rings is 1. The molecule has 0 radical (unpaired) electrons. The van der Waals surface area contributed by atoms with Gasteiger partial charge in [-0.15, -0.1) is 0 Å². The Hall–Kier alpha value is -1.60. The number of ether oxygens (including phenoxy) is 1. The van der Waals surface area contributed by atoms with Gasteiger partial charge in [-0.2, -0.15) is 4.98 Å². The molecule has 2 rings (SSSR count). The molecule has 0 bridgehead atoms. The molecule has 0 saturated carbocycles. The fourth-order valence-corrected chi connectivity index (χ4v) is 2.70. The van der Waals surface area contributed by atoms with Gasteiger partial charge in [0.05, 0.1) is 6.61 Å². The first-order valence-electron chi connectivity index (χ1n) is 6.38. The Balaban J connectivity index is 2.50. The maximum Gasteiger partial charge on any atom is 0.265 e. The van der Waals surface area contributed by atoms with Crippen molar-refractivity contribution in [2.75, 3.05) is 6.61 Å². The first-order valence-corrected chi connectivity index (χ1v) is 8.69. The minimum atomic E-state index is -3.93. The number of nitrogens with zero attached hydrogens (tertiary/aromatic N) is 2. The molecule has 114 valence electrons. The Kier molecular flexibility index (Phi) is 4.53. The van der Waals surface area contributed by atoms with Crippen LogP contribution in [0.25, 0.3) is 11.4 Å². The van der Waals surface area contributed by atoms with Gasteiger partial charge in [0.25, 0.3) is 9.05 Å². The molecule has 8 heteroatoms. The normalized spacial score (nSPS) is 11.9. The first kappa shape index (κ1) is 15.8. The van der Waals surface area contributed by atoms with Crippen LogP contribution in [0.4, 0.5) is 0 Å². The highest BCUT2D eigenvalue weighted by atomic mass is 35.7. The topological polar surface area (TPSA) is 82.3 Å². The van der Waals surface area contributed by atoms with Gasteiger partial charge in [-0.3, -0.25) is 0 Å². The summed E-state index contributed by atoms with van der Waals surface area (Å²) in [5.74, 6) is 1.08. The molecule has 0 atom stereocenters. The molecule has 1 aromatic carbocycles. The summed E-state index contributed by atoms with van der Waals surface area (Å²) in [5.41, 5.74) is 0.494. The van der Waals surface area contributed by atoms with Gasteiger partial charge in [0.1, 0.15) is 10.6 Å². The van der Waals surface area contributed by atoms with Crippen LogP contribution in [-0.4, -0.2) is 25.2 Å². The van der Waals surface area contributed by atoms with E-state index in [-0.39, 0.29) is 16.6 Å². The molecule has 0 aliphatic carbocycles. The zero-order valence-electron chi connectivity index (χ0n) is 11.8. The van der Waals surface area contributed by atoms with Crippen LogP contribution in [0.3, 0.4) is 0 Å². The quantitative estimate of drug-likeness (QED) is 0.783. The summed E-state index contributed by atoms with van der Waals surface area (Å²) in [4.78, 5) is 4.11. The van der Waals surface area contributed by atoms with Crippen molar-refractivity contribution in [1.29, 1.82) is 0 Å². The Morgan fingerprint density at radius 2 is 2.10 bits per heavy atom. The van der Waals surface area contributed by atoms with E-state index in [0.717, 1.165) is 0 Å². The maximum atomic E-state index is 11.6. The highest BCUT2D eigenvalue weighted by Gasteiger charge is 2.20. The summed E-state index contributed by atoms with van der Waals surface area (Å²) in [6.45, 7) is 5.93. The monoisotopic (exact) mass is 330 g/mol. The second kappa shape index (κ2) is 6.03. The van der Waals surface area contributed by atoms with Crippen molar-refractivity contribution in [3.05, 3.63) is 24.1 Å². The van der Waals surface area contributed by atoms with Crippen molar-refractivity contribution in [2.24, 2.45) is 0 Å². The summed E-state index contributed by atoms with van der Waals surface area (Å²) in [5, 5.41) is 3.84. The van der Waals surface area contributed by atoms with Gasteiger partial charge in [0.15, 0.2) is 0 Å². The van der Waals surface area contributed by atoms with Crippen LogP contribution in [0, 0.1) is 0 Å². The van der Waals surface area contributed by atoms with Crippen molar-refractivity contribution in [2.45, 2.75) is 31.6 Å². The molecule has 6 nitrogen and oxygen atoms in total. The number of hydrogen-bond acceptors (Lipinski definition) is 6. The van der Waals surface area contributed by atoms with Crippen LogP contribution in [-0.2, 0) is 9.05 Å². The molecule has 21 heavy (non-hydrogen) atoms. The highest BCUT2D eigenvalue weighted by molar-refractivity contribution is 8.13. The third-order valence-electron chi connectivity index (χ3n) is 2.70. The number of aromatic nitrogens is 2. The number of hydrogen-bond donors (Lipinski definition) is 0. The molecular formula is C13H15ClN2O4S. The lowest BCUT2D eigenvalue weighted by Gasteiger charge is -2.08. The van der Waals surface area contributed by atoms with Crippen LogP contribution in [0.2, 0.25) is 0 Å². The van der Waals surface area contributed by atoms with Gasteiger partial charge in [-0.1, -0.05) is 19.0 Å². The van der Waals surface area contributed by atoms with Crippen LogP contribution in [0.15, 0.2) is 27.6 Å². The Morgan fingerprint density at radius 3 is 2.62 bits per heavy atom. The van der Waals surface area contributed by atoms with E-state index >= 15 is 0 Å². The molecule has 0 unspecified atom stereocenters. The van der Waals surface area contributed by atoms with Gasteiger partial charge in [-0.05, 0) is 25.1 Å². The summed E-state index contributed by atoms with van der Waals surface area (Å²) in [6.07, 6.45) is 0. The molecule has 1 heterocycles. The lowest BCUT2D eigenvalue weighted by atomic mass is 10.2. The van der Waals surface area contributed by atoms with Crippen LogP contribution >= 0.6 is 10.7 Å². The lowest BCUT2D eigenvalue weighted by Crippen LogP contribution is -2.00. The van der Waals surface area contributed by atoms with Crippen LogP contribution in [0.1, 0.15) is 32.6 Å². The van der Waals surface area contributed by atoms with E-state index in [2.05, 4.69) is 10.1 Å². The van der Waals surface area contributed by atoms with Crippen molar-refractivity contribution in [3.8, 4) is 17.1 Å². The predicted molar refractivity (Wildman–Crippen MR) is 78.0 cm³/mol. The van der Waals surface area contributed by atoms with Gasteiger partial charge in [0, 0.05) is 22.2 Å². The van der Waals surface area contributed by atoms with E-state index in [1.165, 1.54) is 12.1 Å². The maximum absolute atomic E-state index is 11.6. The zero-order chi connectivity index (χ0) is 15.6. The molecule has 0 spiro atoms. The number of rotatable bonds is 5. The smallest absolute Gasteiger partial charge is 0.265 e. The van der Waals surface area contributed by atoms with Crippen LogP contribution < -0.4 is 4.74 Å². The highest BCUT2D eigenvalue weighted by Crippen LogP contribution is 2.31. The zero-order valence-corrected chi connectivity index (χ0v) is 13.4. The minimum Gasteiger partial charge on any atom is -0.492 e. The van der Waals surface area contributed by atoms with Crippen LogP contribution in [0.5, 0.6) is 5.75 Å². The van der Waals surface area contributed by atoms with E-state index in [1.807, 2.05) is 13.8 Å². The molecule has 0 fully saturated rings. The minimum absolute atomic E-state index is 0.0881. The summed E-state index contributed by atoms with van der Waals surface area (Å²) >= 11 is 0. The first-order chi connectivity index (χ1) is 9.82. The third kappa shape index (κ3) is 3.54. The molecular weight excluding hydrogens is 316 g/mol. The molecule has 0 N–H and O–H groups in total.